The molecule has 0 fully saturated rings. The molecule has 0 saturated heterocycles. The number of amides is 2. The van der Waals surface area contributed by atoms with Crippen molar-refractivity contribution in [3.63, 3.8) is 0 Å². The average molecular weight is 398 g/mol. The third-order valence-corrected chi connectivity index (χ3v) is 3.98. The van der Waals surface area contributed by atoms with Crippen LogP contribution in [0.15, 0.2) is 29.5 Å². The van der Waals surface area contributed by atoms with Crippen LogP contribution < -0.4 is 10.6 Å². The maximum absolute atomic E-state index is 12.6. The van der Waals surface area contributed by atoms with Crippen LogP contribution >= 0.6 is 11.6 Å². The summed E-state index contributed by atoms with van der Waals surface area (Å²) in [7, 11) is 2.60. The number of rotatable bonds is 8. The number of hydrogen-bond acceptors (Lipinski definition) is 7. The minimum absolute atomic E-state index is 0.000179. The lowest BCUT2D eigenvalue weighted by molar-refractivity contribution is -0.136. The van der Waals surface area contributed by atoms with Crippen LogP contribution in [0, 0.1) is 0 Å². The highest BCUT2D eigenvalue weighted by Gasteiger charge is 2.34. The fraction of sp³-hybridized carbons (Fsp3) is 0.353. The number of nitrogens with zero attached hydrogens (tertiary/aromatic N) is 1. The lowest BCUT2D eigenvalue weighted by Crippen LogP contribution is -2.31. The first-order chi connectivity index (χ1) is 12.9. The highest BCUT2D eigenvalue weighted by Crippen LogP contribution is 2.30. The van der Waals surface area contributed by atoms with Crippen LogP contribution in [-0.2, 0) is 23.9 Å². The molecule has 0 saturated carbocycles. The summed E-state index contributed by atoms with van der Waals surface area (Å²) in [6.07, 6.45) is 0. The molecule has 27 heavy (non-hydrogen) atoms. The number of ether oxygens (including phenoxy) is 2. The number of carbonyl (C=O) groups excluding carboxylic acids is 3. The molecule has 0 unspecified atom stereocenters. The molecule has 2 rings (SSSR count). The van der Waals surface area contributed by atoms with Gasteiger partial charge in [0.1, 0.15) is 12.3 Å². The van der Waals surface area contributed by atoms with Gasteiger partial charge >= 0.3 is 5.97 Å². The number of nitrogens with one attached hydrogen (secondary N) is 2. The molecular formula is C17H20ClN3O6. The summed E-state index contributed by atoms with van der Waals surface area (Å²) in [5, 5.41) is 15.0. The molecule has 0 spiro atoms. The second kappa shape index (κ2) is 9.36. The molecule has 1 aromatic rings. The Balaban J connectivity index is 2.37. The first-order valence-electron chi connectivity index (χ1n) is 7.98. The highest BCUT2D eigenvalue weighted by atomic mass is 35.5. The van der Waals surface area contributed by atoms with E-state index < -0.39 is 17.8 Å². The van der Waals surface area contributed by atoms with E-state index in [1.165, 1.54) is 25.2 Å². The Hall–Kier alpha value is -2.62. The molecule has 2 amide bonds. The number of anilines is 2. The van der Waals surface area contributed by atoms with Gasteiger partial charge in [-0.15, -0.1) is 0 Å². The van der Waals surface area contributed by atoms with Crippen molar-refractivity contribution in [3.05, 3.63) is 34.5 Å². The third-order valence-electron chi connectivity index (χ3n) is 3.74. The fourth-order valence-electron chi connectivity index (χ4n) is 2.53. The van der Waals surface area contributed by atoms with Gasteiger partial charge in [-0.05, 0) is 18.2 Å². The zero-order chi connectivity index (χ0) is 20.0. The van der Waals surface area contributed by atoms with Gasteiger partial charge in [-0.2, -0.15) is 0 Å². The lowest BCUT2D eigenvalue weighted by atomic mass is 10.2. The largest absolute Gasteiger partial charge is 0.466 e. The number of carbonyl (C=O) groups is 3. The first-order valence-corrected chi connectivity index (χ1v) is 8.36. The van der Waals surface area contributed by atoms with Crippen molar-refractivity contribution in [2.24, 2.45) is 0 Å². The van der Waals surface area contributed by atoms with Crippen molar-refractivity contribution in [3.8, 4) is 0 Å². The summed E-state index contributed by atoms with van der Waals surface area (Å²) in [6.45, 7) is -0.331. The van der Waals surface area contributed by atoms with E-state index in [4.69, 9.17) is 26.2 Å². The molecule has 0 aromatic heterocycles. The molecule has 1 aromatic carbocycles. The van der Waals surface area contributed by atoms with Crippen molar-refractivity contribution >= 4 is 40.8 Å². The summed E-state index contributed by atoms with van der Waals surface area (Å²) >= 11 is 6.03. The third kappa shape index (κ3) is 4.97. The van der Waals surface area contributed by atoms with Gasteiger partial charge in [-0.25, -0.2) is 4.79 Å². The number of benzene rings is 1. The predicted octanol–water partition coefficient (Wildman–Crippen LogP) is 0.598. The van der Waals surface area contributed by atoms with Gasteiger partial charge in [0, 0.05) is 18.7 Å². The number of aliphatic hydroxyl groups excluding tert-OH is 1. The van der Waals surface area contributed by atoms with Gasteiger partial charge in [0.05, 0.1) is 37.2 Å². The number of halogens is 1. The highest BCUT2D eigenvalue weighted by molar-refractivity contribution is 6.31. The maximum atomic E-state index is 12.6. The SMILES string of the molecule is COCC(=O)Nc1ccc(Cl)cc1NC1=C(C(=O)OC)CN(CCO)C1=O. The molecule has 3 N–H and O–H groups in total. The van der Waals surface area contributed by atoms with E-state index in [2.05, 4.69) is 10.6 Å². The molecule has 10 heteroatoms. The number of β-amino-alcohol motifs (C(OH)–C–C–N with tert-alkyl or cyclic N) is 1. The summed E-state index contributed by atoms with van der Waals surface area (Å²) in [6, 6.07) is 4.63. The molecule has 9 nitrogen and oxygen atoms in total. The summed E-state index contributed by atoms with van der Waals surface area (Å²) in [5.41, 5.74) is 0.791. The Labute approximate surface area is 160 Å². The number of aliphatic hydroxyl groups is 1. The van der Waals surface area contributed by atoms with Crippen LogP contribution in [0.4, 0.5) is 11.4 Å². The average Bonchev–Trinajstić information content (AvgIpc) is 2.93. The molecule has 0 aliphatic carbocycles. The van der Waals surface area contributed by atoms with E-state index in [-0.39, 0.29) is 37.6 Å². The number of methoxy groups -OCH3 is 2. The van der Waals surface area contributed by atoms with Gasteiger partial charge in [0.2, 0.25) is 5.91 Å². The quantitative estimate of drug-likeness (QED) is 0.550. The Kier molecular flexibility index (Phi) is 7.17. The van der Waals surface area contributed by atoms with E-state index in [0.717, 1.165) is 0 Å². The van der Waals surface area contributed by atoms with E-state index in [9.17, 15) is 14.4 Å². The van der Waals surface area contributed by atoms with Crippen LogP contribution in [0.5, 0.6) is 0 Å². The van der Waals surface area contributed by atoms with Crippen LogP contribution in [0.3, 0.4) is 0 Å². The topological polar surface area (TPSA) is 117 Å². The molecule has 0 atom stereocenters. The van der Waals surface area contributed by atoms with Gasteiger partial charge in [0.25, 0.3) is 5.91 Å². The van der Waals surface area contributed by atoms with Crippen molar-refractivity contribution in [2.75, 3.05) is 51.2 Å². The predicted molar refractivity (Wildman–Crippen MR) is 98.3 cm³/mol. The van der Waals surface area contributed by atoms with Crippen molar-refractivity contribution in [2.45, 2.75) is 0 Å². The molecule has 1 aliphatic rings. The molecule has 1 aliphatic heterocycles. The zero-order valence-corrected chi connectivity index (χ0v) is 15.6. The van der Waals surface area contributed by atoms with E-state index in [1.54, 1.807) is 12.1 Å². The van der Waals surface area contributed by atoms with Gasteiger partial charge in [-0.1, -0.05) is 11.6 Å². The van der Waals surface area contributed by atoms with Crippen LogP contribution in [-0.4, -0.2) is 68.3 Å². The molecule has 1 heterocycles. The Morgan fingerprint density at radius 1 is 1.30 bits per heavy atom. The van der Waals surface area contributed by atoms with Gasteiger partial charge in [-0.3, -0.25) is 9.59 Å². The fourth-order valence-corrected chi connectivity index (χ4v) is 2.70. The summed E-state index contributed by atoms with van der Waals surface area (Å²) in [4.78, 5) is 37.8. The standard InChI is InChI=1S/C17H20ClN3O6/c1-26-9-14(23)19-12-4-3-10(18)7-13(12)20-15-11(17(25)27-2)8-21(5-6-22)16(15)24/h3-4,7,20,22H,5-6,8-9H2,1-2H3,(H,19,23). The Morgan fingerprint density at radius 3 is 2.67 bits per heavy atom. The minimum Gasteiger partial charge on any atom is -0.466 e. The normalized spacial score (nSPS) is 13.8. The summed E-state index contributed by atoms with van der Waals surface area (Å²) < 4.78 is 9.52. The van der Waals surface area contributed by atoms with Crippen molar-refractivity contribution < 1.29 is 29.0 Å². The molecule has 146 valence electrons. The smallest absolute Gasteiger partial charge is 0.337 e. The van der Waals surface area contributed by atoms with Crippen LogP contribution in [0.25, 0.3) is 0 Å². The van der Waals surface area contributed by atoms with Gasteiger partial charge < -0.3 is 30.1 Å². The molecule has 0 radical (unpaired) electrons. The van der Waals surface area contributed by atoms with E-state index in [0.29, 0.717) is 16.4 Å². The van der Waals surface area contributed by atoms with Gasteiger partial charge in [0.15, 0.2) is 0 Å². The number of hydrogen-bond donors (Lipinski definition) is 3. The minimum atomic E-state index is -0.668. The zero-order valence-electron chi connectivity index (χ0n) is 14.9. The Bertz CT molecular complexity index is 780. The van der Waals surface area contributed by atoms with Crippen molar-refractivity contribution in [1.29, 1.82) is 0 Å². The lowest BCUT2D eigenvalue weighted by Gasteiger charge is -2.16. The monoisotopic (exact) mass is 397 g/mol. The first kappa shape index (κ1) is 20.7. The van der Waals surface area contributed by atoms with E-state index in [1.807, 2.05) is 0 Å². The van der Waals surface area contributed by atoms with Crippen LogP contribution in [0.2, 0.25) is 5.02 Å². The van der Waals surface area contributed by atoms with Crippen LogP contribution in [0.1, 0.15) is 0 Å². The number of esters is 1. The second-order valence-electron chi connectivity index (χ2n) is 5.59. The van der Waals surface area contributed by atoms with Crippen molar-refractivity contribution in [1.82, 2.24) is 4.90 Å². The summed E-state index contributed by atoms with van der Waals surface area (Å²) in [5.74, 6) is -1.54. The van der Waals surface area contributed by atoms with E-state index >= 15 is 0 Å². The maximum Gasteiger partial charge on any atom is 0.337 e. The Morgan fingerprint density at radius 2 is 2.04 bits per heavy atom. The molecular weight excluding hydrogens is 378 g/mol. The second-order valence-corrected chi connectivity index (χ2v) is 6.03. The molecule has 0 bridgehead atoms.